The van der Waals surface area contributed by atoms with Crippen molar-refractivity contribution in [1.29, 1.82) is 0 Å². The molecule has 4 unspecified atom stereocenters. The van der Waals surface area contributed by atoms with Crippen LogP contribution in [0.25, 0.3) is 0 Å². The maximum Gasteiger partial charge on any atom is 0.109 e. The van der Waals surface area contributed by atoms with E-state index in [0.717, 1.165) is 0 Å². The average Bonchev–Trinajstić information content (AvgIpc) is 2.20. The van der Waals surface area contributed by atoms with Gasteiger partial charge in [-0.1, -0.05) is 0 Å². The molecule has 0 radical (unpaired) electrons. The molecule has 0 spiro atoms. The number of aliphatic hydroxyl groups is 4. The van der Waals surface area contributed by atoms with Crippen molar-refractivity contribution in [2.75, 3.05) is 19.8 Å². The molecule has 84 valence electrons. The Balaban J connectivity index is 2.42. The first kappa shape index (κ1) is 11.9. The minimum absolute atomic E-state index is 0.0722. The van der Waals surface area contributed by atoms with Crippen molar-refractivity contribution in [3.05, 3.63) is 0 Å². The molecule has 5 nitrogen and oxygen atoms in total. The van der Waals surface area contributed by atoms with Crippen LogP contribution in [0.1, 0.15) is 12.8 Å². The SMILES string of the molecule is OCCCC1COC(CO)C(O)C1O. The van der Waals surface area contributed by atoms with Crippen LogP contribution >= 0.6 is 0 Å². The van der Waals surface area contributed by atoms with Crippen molar-refractivity contribution in [3.63, 3.8) is 0 Å². The third kappa shape index (κ3) is 2.65. The van der Waals surface area contributed by atoms with Crippen LogP contribution in [0.3, 0.4) is 0 Å². The molecule has 0 aliphatic carbocycles. The molecule has 0 aromatic rings. The Kier molecular flexibility index (Phi) is 4.77. The van der Waals surface area contributed by atoms with Gasteiger partial charge in [0.25, 0.3) is 0 Å². The number of aliphatic hydroxyl groups excluding tert-OH is 4. The van der Waals surface area contributed by atoms with Gasteiger partial charge in [0.2, 0.25) is 0 Å². The smallest absolute Gasteiger partial charge is 0.109 e. The first-order valence-electron chi connectivity index (χ1n) is 4.90. The van der Waals surface area contributed by atoms with Gasteiger partial charge >= 0.3 is 0 Å². The first-order valence-corrected chi connectivity index (χ1v) is 4.90. The third-order valence-electron chi connectivity index (χ3n) is 2.65. The van der Waals surface area contributed by atoms with E-state index in [0.29, 0.717) is 19.4 Å². The van der Waals surface area contributed by atoms with E-state index in [1.165, 1.54) is 0 Å². The fourth-order valence-corrected chi connectivity index (χ4v) is 1.71. The van der Waals surface area contributed by atoms with Crippen molar-refractivity contribution in [2.24, 2.45) is 5.92 Å². The topological polar surface area (TPSA) is 90.2 Å². The molecule has 0 aromatic carbocycles. The van der Waals surface area contributed by atoms with Gasteiger partial charge < -0.3 is 25.2 Å². The van der Waals surface area contributed by atoms with Crippen molar-refractivity contribution < 1.29 is 25.2 Å². The highest BCUT2D eigenvalue weighted by Gasteiger charge is 2.37. The van der Waals surface area contributed by atoms with Crippen molar-refractivity contribution in [1.82, 2.24) is 0 Å². The van der Waals surface area contributed by atoms with E-state index in [9.17, 15) is 10.2 Å². The molecule has 14 heavy (non-hydrogen) atoms. The Labute approximate surface area is 82.9 Å². The molecule has 5 heteroatoms. The minimum Gasteiger partial charge on any atom is -0.396 e. The van der Waals surface area contributed by atoms with Crippen LogP contribution in [-0.4, -0.2) is 58.6 Å². The van der Waals surface area contributed by atoms with Crippen molar-refractivity contribution in [3.8, 4) is 0 Å². The Bertz CT molecular complexity index is 163. The van der Waals surface area contributed by atoms with E-state index < -0.39 is 18.3 Å². The average molecular weight is 206 g/mol. The van der Waals surface area contributed by atoms with Gasteiger partial charge in [0, 0.05) is 12.5 Å². The summed E-state index contributed by atoms with van der Waals surface area (Å²) in [6, 6.07) is 0. The monoisotopic (exact) mass is 206 g/mol. The summed E-state index contributed by atoms with van der Waals surface area (Å²) in [6.45, 7) is 0.108. The van der Waals surface area contributed by atoms with Crippen molar-refractivity contribution in [2.45, 2.75) is 31.2 Å². The molecule has 1 saturated heterocycles. The fourth-order valence-electron chi connectivity index (χ4n) is 1.71. The van der Waals surface area contributed by atoms with Crippen LogP contribution in [0.2, 0.25) is 0 Å². The molecular formula is C9H18O5. The van der Waals surface area contributed by atoms with Crippen LogP contribution in [0, 0.1) is 5.92 Å². The maximum atomic E-state index is 9.64. The molecule has 4 N–H and O–H groups in total. The van der Waals surface area contributed by atoms with Gasteiger partial charge in [0.1, 0.15) is 12.2 Å². The Morgan fingerprint density at radius 2 is 1.86 bits per heavy atom. The highest BCUT2D eigenvalue weighted by molar-refractivity contribution is 4.86. The van der Waals surface area contributed by atoms with Gasteiger partial charge in [0.05, 0.1) is 19.3 Å². The zero-order chi connectivity index (χ0) is 10.6. The zero-order valence-electron chi connectivity index (χ0n) is 8.04. The summed E-state index contributed by atoms with van der Waals surface area (Å²) in [5, 5.41) is 36.6. The molecule has 0 amide bonds. The summed E-state index contributed by atoms with van der Waals surface area (Å²) >= 11 is 0. The lowest BCUT2D eigenvalue weighted by Crippen LogP contribution is -2.51. The fraction of sp³-hybridized carbons (Fsp3) is 1.00. The van der Waals surface area contributed by atoms with E-state index in [1.54, 1.807) is 0 Å². The van der Waals surface area contributed by atoms with Crippen LogP contribution < -0.4 is 0 Å². The van der Waals surface area contributed by atoms with E-state index in [1.807, 2.05) is 0 Å². The molecular weight excluding hydrogens is 188 g/mol. The lowest BCUT2D eigenvalue weighted by molar-refractivity contribution is -0.176. The van der Waals surface area contributed by atoms with Gasteiger partial charge in [-0.25, -0.2) is 0 Å². The normalized spacial score (nSPS) is 38.6. The van der Waals surface area contributed by atoms with E-state index in [4.69, 9.17) is 14.9 Å². The third-order valence-corrected chi connectivity index (χ3v) is 2.65. The Morgan fingerprint density at radius 1 is 1.14 bits per heavy atom. The second-order valence-corrected chi connectivity index (χ2v) is 3.66. The second kappa shape index (κ2) is 5.63. The molecule has 1 fully saturated rings. The Hall–Kier alpha value is -0.200. The van der Waals surface area contributed by atoms with Crippen LogP contribution in [0.15, 0.2) is 0 Å². The minimum atomic E-state index is -1.03. The molecule has 1 rings (SSSR count). The summed E-state index contributed by atoms with van der Waals surface area (Å²) in [6.07, 6.45) is -1.38. The molecule has 4 atom stereocenters. The summed E-state index contributed by atoms with van der Waals surface area (Å²) < 4.78 is 5.18. The number of hydrogen-bond donors (Lipinski definition) is 4. The molecule has 0 saturated carbocycles. The number of hydrogen-bond acceptors (Lipinski definition) is 5. The largest absolute Gasteiger partial charge is 0.396 e. The summed E-state index contributed by atoms with van der Waals surface area (Å²) in [5.74, 6) is -0.153. The molecule has 0 aromatic heterocycles. The molecule has 1 aliphatic rings. The zero-order valence-corrected chi connectivity index (χ0v) is 8.04. The number of rotatable bonds is 4. The van der Waals surface area contributed by atoms with Crippen LogP contribution in [-0.2, 0) is 4.74 Å². The van der Waals surface area contributed by atoms with Gasteiger partial charge in [-0.2, -0.15) is 0 Å². The van der Waals surface area contributed by atoms with Crippen LogP contribution in [0.5, 0.6) is 0 Å². The first-order chi connectivity index (χ1) is 6.70. The lowest BCUT2D eigenvalue weighted by atomic mass is 9.89. The highest BCUT2D eigenvalue weighted by Crippen LogP contribution is 2.23. The molecule has 1 heterocycles. The van der Waals surface area contributed by atoms with Gasteiger partial charge in [-0.3, -0.25) is 0 Å². The highest BCUT2D eigenvalue weighted by atomic mass is 16.5. The maximum absolute atomic E-state index is 9.64. The molecule has 1 aliphatic heterocycles. The van der Waals surface area contributed by atoms with Gasteiger partial charge in [-0.05, 0) is 12.8 Å². The molecule has 0 bridgehead atoms. The quantitative estimate of drug-likeness (QED) is 0.449. The van der Waals surface area contributed by atoms with Gasteiger partial charge in [-0.15, -0.1) is 0 Å². The predicted molar refractivity (Wildman–Crippen MR) is 48.6 cm³/mol. The standard InChI is InChI=1S/C9H18O5/c10-3-1-2-6-5-14-7(4-11)9(13)8(6)12/h6-13H,1-5H2. The van der Waals surface area contributed by atoms with E-state index in [2.05, 4.69) is 0 Å². The lowest BCUT2D eigenvalue weighted by Gasteiger charge is -2.36. The van der Waals surface area contributed by atoms with E-state index in [-0.39, 0.29) is 19.1 Å². The van der Waals surface area contributed by atoms with E-state index >= 15 is 0 Å². The predicted octanol–water partition coefficient (Wildman–Crippen LogP) is -1.51. The summed E-state index contributed by atoms with van der Waals surface area (Å²) in [4.78, 5) is 0. The van der Waals surface area contributed by atoms with Gasteiger partial charge in [0.15, 0.2) is 0 Å². The second-order valence-electron chi connectivity index (χ2n) is 3.66. The number of ether oxygens (including phenoxy) is 1. The summed E-state index contributed by atoms with van der Waals surface area (Å²) in [7, 11) is 0. The Morgan fingerprint density at radius 3 is 2.43 bits per heavy atom. The van der Waals surface area contributed by atoms with Crippen molar-refractivity contribution >= 4 is 0 Å². The summed E-state index contributed by atoms with van der Waals surface area (Å²) in [5.41, 5.74) is 0. The van der Waals surface area contributed by atoms with Crippen LogP contribution in [0.4, 0.5) is 0 Å².